The number of ether oxygens (including phenoxy) is 4. The molecule has 0 rings (SSSR count). The number of unbranched alkanes of at least 4 members (excludes halogenated alkanes) is 33. The molecular formula is C61H118O17P2. The van der Waals surface area contributed by atoms with E-state index in [4.69, 9.17) is 37.0 Å². The van der Waals surface area contributed by atoms with E-state index in [1.54, 1.807) is 0 Å². The minimum atomic E-state index is -4.94. The first kappa shape index (κ1) is 78.1. The van der Waals surface area contributed by atoms with Gasteiger partial charge in [0.25, 0.3) is 0 Å². The molecule has 0 spiro atoms. The molecule has 474 valence electrons. The number of phosphoric acid groups is 2. The predicted molar refractivity (Wildman–Crippen MR) is 317 cm³/mol. The van der Waals surface area contributed by atoms with Gasteiger partial charge in [-0.25, -0.2) is 9.13 Å². The molecule has 0 aromatic heterocycles. The van der Waals surface area contributed by atoms with Crippen LogP contribution in [0.1, 0.15) is 304 Å². The van der Waals surface area contributed by atoms with Gasteiger partial charge in [-0.2, -0.15) is 0 Å². The zero-order valence-electron chi connectivity index (χ0n) is 51.2. The van der Waals surface area contributed by atoms with Crippen molar-refractivity contribution >= 4 is 39.5 Å². The Hall–Kier alpha value is -1.94. The Kier molecular flexibility index (Phi) is 53.6. The molecule has 0 aromatic carbocycles. The maximum atomic E-state index is 12.9. The minimum Gasteiger partial charge on any atom is -0.462 e. The average molecular weight is 1190 g/mol. The van der Waals surface area contributed by atoms with Crippen molar-refractivity contribution < 1.29 is 80.2 Å². The number of carbonyl (C=O) groups excluding carboxylic acids is 4. The number of rotatable bonds is 61. The fourth-order valence-corrected chi connectivity index (χ4v) is 10.6. The van der Waals surface area contributed by atoms with E-state index in [0.29, 0.717) is 25.7 Å². The predicted octanol–water partition coefficient (Wildman–Crippen LogP) is 16.6. The summed E-state index contributed by atoms with van der Waals surface area (Å²) >= 11 is 0. The second kappa shape index (κ2) is 55.0. The van der Waals surface area contributed by atoms with Crippen LogP contribution in [0.25, 0.3) is 0 Å². The number of esters is 4. The molecule has 3 N–H and O–H groups in total. The standard InChI is InChI=1S/C61H118O17P2/c1-6-9-12-15-17-19-20-21-22-23-27-32-37-42-47-61(66)78-57(51-72-59(64)45-40-35-30-28-24-26-29-34-38-43-54(4)5)53-76-80(69,70)74-49-55(62)48-73-79(67,68)75-52-56(50-71-58(63)44-39-33-14-11-8-3)77-60(65)46-41-36-31-25-18-16-13-10-7-2/h54-57,62H,6-53H2,1-5H3,(H,67,68)(H,69,70)/t55-,56+,57+/m0/s1. The lowest BCUT2D eigenvalue weighted by molar-refractivity contribution is -0.161. The van der Waals surface area contributed by atoms with Crippen molar-refractivity contribution in [2.24, 2.45) is 5.92 Å². The summed E-state index contributed by atoms with van der Waals surface area (Å²) in [7, 11) is -9.87. The molecule has 0 heterocycles. The Balaban J connectivity index is 5.18. The van der Waals surface area contributed by atoms with Crippen LogP contribution in [0.5, 0.6) is 0 Å². The van der Waals surface area contributed by atoms with E-state index in [1.807, 2.05) is 0 Å². The molecule has 0 radical (unpaired) electrons. The van der Waals surface area contributed by atoms with Crippen molar-refractivity contribution in [3.8, 4) is 0 Å². The molecule has 80 heavy (non-hydrogen) atoms. The summed E-state index contributed by atoms with van der Waals surface area (Å²) in [5.41, 5.74) is 0. The van der Waals surface area contributed by atoms with E-state index in [0.717, 1.165) is 102 Å². The van der Waals surface area contributed by atoms with E-state index in [-0.39, 0.29) is 25.7 Å². The van der Waals surface area contributed by atoms with Gasteiger partial charge in [-0.1, -0.05) is 253 Å². The minimum absolute atomic E-state index is 0.105. The lowest BCUT2D eigenvalue weighted by atomic mass is 10.0. The van der Waals surface area contributed by atoms with Gasteiger partial charge in [0.05, 0.1) is 26.4 Å². The largest absolute Gasteiger partial charge is 0.472 e. The van der Waals surface area contributed by atoms with Gasteiger partial charge in [-0.15, -0.1) is 0 Å². The SMILES string of the molecule is CCCCCCCCCCCCCCCCC(=O)O[C@H](COC(=O)CCCCCCCCCCCC(C)C)COP(=O)(O)OC[C@@H](O)COP(=O)(O)OC[C@@H](COC(=O)CCCCCCC)OC(=O)CCCCCCCCCCC. The summed E-state index contributed by atoms with van der Waals surface area (Å²) in [4.78, 5) is 71.8. The maximum Gasteiger partial charge on any atom is 0.472 e. The van der Waals surface area contributed by atoms with E-state index < -0.39 is 97.5 Å². The van der Waals surface area contributed by atoms with Crippen LogP contribution in [0.3, 0.4) is 0 Å². The highest BCUT2D eigenvalue weighted by molar-refractivity contribution is 7.47. The smallest absolute Gasteiger partial charge is 0.462 e. The molecular weight excluding hydrogens is 1070 g/mol. The Labute approximate surface area is 486 Å². The quantitative estimate of drug-likeness (QED) is 0.0222. The molecule has 0 aromatic rings. The van der Waals surface area contributed by atoms with E-state index in [2.05, 4.69) is 34.6 Å². The summed E-state index contributed by atoms with van der Waals surface area (Å²) in [5.74, 6) is -1.40. The summed E-state index contributed by atoms with van der Waals surface area (Å²) in [6.45, 7) is 7.05. The molecule has 0 amide bonds. The zero-order chi connectivity index (χ0) is 59.2. The van der Waals surface area contributed by atoms with Crippen LogP contribution in [0, 0.1) is 5.92 Å². The third-order valence-electron chi connectivity index (χ3n) is 14.0. The first-order valence-corrected chi connectivity index (χ1v) is 35.1. The van der Waals surface area contributed by atoms with Gasteiger partial charge >= 0.3 is 39.5 Å². The van der Waals surface area contributed by atoms with Crippen molar-refractivity contribution in [2.75, 3.05) is 39.6 Å². The van der Waals surface area contributed by atoms with Gasteiger partial charge in [0.1, 0.15) is 19.3 Å². The third kappa shape index (κ3) is 55.3. The second-order valence-corrected chi connectivity index (χ2v) is 25.5. The van der Waals surface area contributed by atoms with Crippen LogP contribution in [0.2, 0.25) is 0 Å². The first-order chi connectivity index (χ1) is 38.5. The van der Waals surface area contributed by atoms with Crippen LogP contribution < -0.4 is 0 Å². The number of phosphoric ester groups is 2. The van der Waals surface area contributed by atoms with Gasteiger partial charge in [-0.05, 0) is 31.6 Å². The van der Waals surface area contributed by atoms with Gasteiger partial charge in [-0.3, -0.25) is 37.3 Å². The number of aliphatic hydroxyl groups is 1. The monoisotopic (exact) mass is 1180 g/mol. The maximum absolute atomic E-state index is 12.9. The fourth-order valence-electron chi connectivity index (χ4n) is 9.05. The van der Waals surface area contributed by atoms with Crippen molar-refractivity contribution in [1.82, 2.24) is 0 Å². The van der Waals surface area contributed by atoms with Crippen LogP contribution in [0.15, 0.2) is 0 Å². The Bertz CT molecular complexity index is 1570. The van der Waals surface area contributed by atoms with Gasteiger partial charge in [0.2, 0.25) is 0 Å². The highest BCUT2D eigenvalue weighted by Gasteiger charge is 2.30. The van der Waals surface area contributed by atoms with Crippen molar-refractivity contribution in [3.63, 3.8) is 0 Å². The van der Waals surface area contributed by atoms with Crippen molar-refractivity contribution in [2.45, 2.75) is 323 Å². The summed E-state index contributed by atoms with van der Waals surface area (Å²) in [6.07, 6.45) is 37.9. The van der Waals surface area contributed by atoms with Gasteiger partial charge in [0, 0.05) is 25.7 Å². The number of hydrogen-bond acceptors (Lipinski definition) is 15. The Morgan fingerprint density at radius 3 is 0.850 bits per heavy atom. The molecule has 19 heteroatoms. The molecule has 0 fully saturated rings. The number of hydrogen-bond donors (Lipinski definition) is 3. The molecule has 17 nitrogen and oxygen atoms in total. The van der Waals surface area contributed by atoms with E-state index in [1.165, 1.54) is 122 Å². The third-order valence-corrected chi connectivity index (χ3v) is 15.9. The molecule has 0 aliphatic carbocycles. The van der Waals surface area contributed by atoms with Crippen LogP contribution in [-0.2, 0) is 65.4 Å². The molecule has 0 aliphatic heterocycles. The van der Waals surface area contributed by atoms with Crippen LogP contribution in [0.4, 0.5) is 0 Å². The van der Waals surface area contributed by atoms with Crippen LogP contribution in [-0.4, -0.2) is 96.7 Å². The summed E-state index contributed by atoms with van der Waals surface area (Å²) in [6, 6.07) is 0. The molecule has 5 atom stereocenters. The molecule has 0 saturated carbocycles. The average Bonchev–Trinajstić information content (AvgIpc) is 3.42. The van der Waals surface area contributed by atoms with E-state index in [9.17, 15) is 43.2 Å². The van der Waals surface area contributed by atoms with Crippen LogP contribution >= 0.6 is 15.6 Å². The fraction of sp³-hybridized carbons (Fsp3) is 0.934. The normalized spacial score (nSPS) is 14.3. The zero-order valence-corrected chi connectivity index (χ0v) is 53.0. The topological polar surface area (TPSA) is 237 Å². The van der Waals surface area contributed by atoms with Gasteiger partial charge in [0.15, 0.2) is 12.2 Å². The van der Waals surface area contributed by atoms with Gasteiger partial charge < -0.3 is 33.8 Å². The highest BCUT2D eigenvalue weighted by Crippen LogP contribution is 2.45. The molecule has 0 saturated heterocycles. The number of aliphatic hydroxyl groups excluding tert-OH is 1. The lowest BCUT2D eigenvalue weighted by Gasteiger charge is -2.21. The summed E-state index contributed by atoms with van der Waals surface area (Å²) in [5, 5.41) is 10.5. The number of carbonyl (C=O) groups is 4. The lowest BCUT2D eigenvalue weighted by Crippen LogP contribution is -2.30. The second-order valence-electron chi connectivity index (χ2n) is 22.6. The Morgan fingerprint density at radius 2 is 0.575 bits per heavy atom. The Morgan fingerprint density at radius 1 is 0.338 bits per heavy atom. The molecule has 0 bridgehead atoms. The summed E-state index contributed by atoms with van der Waals surface area (Å²) < 4.78 is 67.7. The molecule has 0 aliphatic rings. The van der Waals surface area contributed by atoms with E-state index >= 15 is 0 Å². The highest BCUT2D eigenvalue weighted by atomic mass is 31.2. The van der Waals surface area contributed by atoms with Crippen molar-refractivity contribution in [3.05, 3.63) is 0 Å². The van der Waals surface area contributed by atoms with Crippen molar-refractivity contribution in [1.29, 1.82) is 0 Å². The first-order valence-electron chi connectivity index (χ1n) is 32.1. The molecule has 2 unspecified atom stereocenters.